The molecule has 5 rings (SSSR count). The molecule has 0 aliphatic heterocycles. The van der Waals surface area contributed by atoms with Crippen molar-refractivity contribution in [1.29, 1.82) is 0 Å². The summed E-state index contributed by atoms with van der Waals surface area (Å²) in [6.07, 6.45) is 0.976. The van der Waals surface area contributed by atoms with Crippen molar-refractivity contribution in [3.8, 4) is 11.1 Å². The van der Waals surface area contributed by atoms with Gasteiger partial charge in [0.1, 0.15) is 0 Å². The summed E-state index contributed by atoms with van der Waals surface area (Å²) in [6.45, 7) is 0. The van der Waals surface area contributed by atoms with Crippen molar-refractivity contribution in [1.82, 2.24) is 0 Å². The summed E-state index contributed by atoms with van der Waals surface area (Å²) in [5, 5.41) is 0. The Morgan fingerprint density at radius 3 is 2.03 bits per heavy atom. The standard InChI is InChI=1S/C28H25N/c1-29(2)23-16-17-25-24-10-6-7-11-26(24)28(27(25)19-23)22-14-12-21(13-15-22)18-20-8-4-3-5-9-20/h3-17,19,28H,18H2,1-2H3. The molecule has 1 heteroatoms. The van der Waals surface area contributed by atoms with Crippen LogP contribution in [0.2, 0.25) is 0 Å². The molecule has 0 aromatic heterocycles. The number of hydrogen-bond donors (Lipinski definition) is 0. The highest BCUT2D eigenvalue weighted by Gasteiger charge is 2.29. The minimum atomic E-state index is 0.298. The Morgan fingerprint density at radius 1 is 0.621 bits per heavy atom. The Hall–Kier alpha value is -3.32. The molecular formula is C28H25N. The third-order valence-corrected chi connectivity index (χ3v) is 5.99. The molecule has 142 valence electrons. The van der Waals surface area contributed by atoms with E-state index in [4.69, 9.17) is 0 Å². The van der Waals surface area contributed by atoms with E-state index in [1.165, 1.54) is 44.6 Å². The van der Waals surface area contributed by atoms with Crippen molar-refractivity contribution in [2.45, 2.75) is 12.3 Å². The summed E-state index contributed by atoms with van der Waals surface area (Å²) in [5.41, 5.74) is 10.9. The molecule has 0 bridgehead atoms. The first-order valence-electron chi connectivity index (χ1n) is 10.2. The van der Waals surface area contributed by atoms with Gasteiger partial charge >= 0.3 is 0 Å². The summed E-state index contributed by atoms with van der Waals surface area (Å²) in [7, 11) is 4.22. The van der Waals surface area contributed by atoms with Crippen molar-refractivity contribution in [2.75, 3.05) is 19.0 Å². The average molecular weight is 376 g/mol. The monoisotopic (exact) mass is 375 g/mol. The molecule has 0 spiro atoms. The Kier molecular flexibility index (Phi) is 4.44. The van der Waals surface area contributed by atoms with E-state index in [2.05, 4.69) is 116 Å². The van der Waals surface area contributed by atoms with Crippen LogP contribution in [0.15, 0.2) is 97.1 Å². The second-order valence-corrected chi connectivity index (χ2v) is 8.09. The largest absolute Gasteiger partial charge is 0.378 e. The second-order valence-electron chi connectivity index (χ2n) is 8.09. The first-order chi connectivity index (χ1) is 14.2. The Labute approximate surface area is 173 Å². The smallest absolute Gasteiger partial charge is 0.0364 e. The van der Waals surface area contributed by atoms with E-state index in [0.717, 1.165) is 6.42 Å². The van der Waals surface area contributed by atoms with E-state index >= 15 is 0 Å². The zero-order valence-corrected chi connectivity index (χ0v) is 17.0. The maximum absolute atomic E-state index is 2.36. The van der Waals surface area contributed by atoms with Gasteiger partial charge in [-0.25, -0.2) is 0 Å². The fourth-order valence-corrected chi connectivity index (χ4v) is 4.49. The van der Waals surface area contributed by atoms with Crippen molar-refractivity contribution in [3.63, 3.8) is 0 Å². The van der Waals surface area contributed by atoms with Crippen LogP contribution in [0.1, 0.15) is 33.7 Å². The normalized spacial score (nSPS) is 14.3. The highest BCUT2D eigenvalue weighted by molar-refractivity contribution is 5.82. The fourth-order valence-electron chi connectivity index (χ4n) is 4.49. The lowest BCUT2D eigenvalue weighted by Crippen LogP contribution is -2.09. The molecule has 4 aromatic carbocycles. The number of hydrogen-bond acceptors (Lipinski definition) is 1. The van der Waals surface area contributed by atoms with Crippen LogP contribution in [-0.2, 0) is 6.42 Å². The molecular weight excluding hydrogens is 350 g/mol. The fraction of sp³-hybridized carbons (Fsp3) is 0.143. The number of anilines is 1. The first kappa shape index (κ1) is 17.8. The topological polar surface area (TPSA) is 3.24 Å². The van der Waals surface area contributed by atoms with Crippen LogP contribution in [0.3, 0.4) is 0 Å². The number of benzene rings is 4. The van der Waals surface area contributed by atoms with Crippen LogP contribution in [-0.4, -0.2) is 14.1 Å². The van der Waals surface area contributed by atoms with E-state index in [-0.39, 0.29) is 0 Å². The van der Waals surface area contributed by atoms with Gasteiger partial charge in [-0.05, 0) is 57.5 Å². The molecule has 1 atom stereocenters. The van der Waals surface area contributed by atoms with E-state index in [9.17, 15) is 0 Å². The lowest BCUT2D eigenvalue weighted by Gasteiger charge is -2.18. The van der Waals surface area contributed by atoms with Gasteiger partial charge in [0.15, 0.2) is 0 Å². The second kappa shape index (κ2) is 7.25. The van der Waals surface area contributed by atoms with E-state index < -0.39 is 0 Å². The molecule has 4 aromatic rings. The predicted molar refractivity (Wildman–Crippen MR) is 123 cm³/mol. The van der Waals surface area contributed by atoms with Gasteiger partial charge in [0, 0.05) is 25.7 Å². The summed E-state index contributed by atoms with van der Waals surface area (Å²) in [5.74, 6) is 0.298. The van der Waals surface area contributed by atoms with E-state index in [1.807, 2.05) is 0 Å². The first-order valence-corrected chi connectivity index (χ1v) is 10.2. The third-order valence-electron chi connectivity index (χ3n) is 5.99. The molecule has 1 aliphatic carbocycles. The highest BCUT2D eigenvalue weighted by Crippen LogP contribution is 2.48. The Balaban J connectivity index is 1.54. The molecule has 0 N–H and O–H groups in total. The molecule has 0 heterocycles. The van der Waals surface area contributed by atoms with Gasteiger partial charge in [0.2, 0.25) is 0 Å². The average Bonchev–Trinajstić information content (AvgIpc) is 3.09. The van der Waals surface area contributed by atoms with Crippen LogP contribution in [0.4, 0.5) is 5.69 Å². The van der Waals surface area contributed by atoms with Crippen LogP contribution in [0.25, 0.3) is 11.1 Å². The van der Waals surface area contributed by atoms with Crippen LogP contribution < -0.4 is 4.90 Å². The Morgan fingerprint density at radius 2 is 1.28 bits per heavy atom. The maximum atomic E-state index is 2.36. The van der Waals surface area contributed by atoms with Crippen LogP contribution in [0, 0.1) is 0 Å². The number of rotatable bonds is 4. The van der Waals surface area contributed by atoms with Crippen LogP contribution >= 0.6 is 0 Å². The van der Waals surface area contributed by atoms with Gasteiger partial charge < -0.3 is 4.90 Å². The van der Waals surface area contributed by atoms with E-state index in [1.54, 1.807) is 0 Å². The van der Waals surface area contributed by atoms with E-state index in [0.29, 0.717) is 5.92 Å². The Bertz CT molecular complexity index is 1140. The lowest BCUT2D eigenvalue weighted by atomic mass is 9.88. The quantitative estimate of drug-likeness (QED) is 0.346. The molecule has 29 heavy (non-hydrogen) atoms. The maximum Gasteiger partial charge on any atom is 0.0364 e. The van der Waals surface area contributed by atoms with Gasteiger partial charge in [-0.15, -0.1) is 0 Å². The lowest BCUT2D eigenvalue weighted by molar-refractivity contribution is 1.00. The van der Waals surface area contributed by atoms with Gasteiger partial charge in [-0.1, -0.05) is 84.9 Å². The van der Waals surface area contributed by atoms with Gasteiger partial charge in [-0.3, -0.25) is 0 Å². The number of fused-ring (bicyclic) bond motifs is 3. The van der Waals surface area contributed by atoms with Crippen molar-refractivity contribution < 1.29 is 0 Å². The summed E-state index contributed by atoms with van der Waals surface area (Å²) in [4.78, 5) is 2.18. The van der Waals surface area contributed by atoms with Gasteiger partial charge in [0.05, 0.1) is 0 Å². The molecule has 0 fully saturated rings. The third kappa shape index (κ3) is 3.23. The van der Waals surface area contributed by atoms with Crippen molar-refractivity contribution in [2.24, 2.45) is 0 Å². The van der Waals surface area contributed by atoms with Crippen molar-refractivity contribution >= 4 is 5.69 Å². The number of nitrogens with zero attached hydrogens (tertiary/aromatic N) is 1. The van der Waals surface area contributed by atoms with Crippen molar-refractivity contribution in [3.05, 3.63) is 125 Å². The highest BCUT2D eigenvalue weighted by atomic mass is 15.1. The minimum Gasteiger partial charge on any atom is -0.378 e. The van der Waals surface area contributed by atoms with Gasteiger partial charge in [-0.2, -0.15) is 0 Å². The minimum absolute atomic E-state index is 0.298. The predicted octanol–water partition coefficient (Wildman–Crippen LogP) is 6.50. The van der Waals surface area contributed by atoms with Gasteiger partial charge in [0.25, 0.3) is 0 Å². The molecule has 0 radical (unpaired) electrons. The molecule has 1 aliphatic rings. The molecule has 0 saturated carbocycles. The summed E-state index contributed by atoms with van der Waals surface area (Å²) >= 11 is 0. The zero-order chi connectivity index (χ0) is 19.8. The molecule has 1 nitrogen and oxygen atoms in total. The summed E-state index contributed by atoms with van der Waals surface area (Å²) in [6, 6.07) is 35.6. The molecule has 0 amide bonds. The SMILES string of the molecule is CN(C)c1ccc2c(c1)C(c1ccc(Cc3ccccc3)cc1)c1ccccc1-2. The summed E-state index contributed by atoms with van der Waals surface area (Å²) < 4.78 is 0. The molecule has 0 saturated heterocycles. The van der Waals surface area contributed by atoms with Crippen LogP contribution in [0.5, 0.6) is 0 Å². The zero-order valence-electron chi connectivity index (χ0n) is 17.0. The molecule has 1 unspecified atom stereocenters.